The summed E-state index contributed by atoms with van der Waals surface area (Å²) in [5.41, 5.74) is -0.0309. The average molecular weight is 327 g/mol. The molecule has 9 heteroatoms. The summed E-state index contributed by atoms with van der Waals surface area (Å²) in [6, 6.07) is 5.86. The van der Waals surface area contributed by atoms with Crippen LogP contribution in [0.15, 0.2) is 40.1 Å². The van der Waals surface area contributed by atoms with Gasteiger partial charge in [0, 0.05) is 37.5 Å². The van der Waals surface area contributed by atoms with Crippen LogP contribution in [0.1, 0.15) is 6.92 Å². The normalized spacial score (nSPS) is 10.9. The van der Waals surface area contributed by atoms with E-state index in [-0.39, 0.29) is 17.2 Å². The van der Waals surface area contributed by atoms with Crippen LogP contribution in [0.4, 0.5) is 5.69 Å². The van der Waals surface area contributed by atoms with Crippen molar-refractivity contribution in [3.63, 3.8) is 0 Å². The molecule has 0 spiro atoms. The predicted octanol–water partition coefficient (Wildman–Crippen LogP) is 1.04. The largest absolute Gasteiger partial charge is 0.352 e. The van der Waals surface area contributed by atoms with Crippen molar-refractivity contribution >= 4 is 5.69 Å². The quantitative estimate of drug-likeness (QED) is 0.524. The summed E-state index contributed by atoms with van der Waals surface area (Å²) in [7, 11) is 1.34. The zero-order valence-electron chi connectivity index (χ0n) is 13.0. The van der Waals surface area contributed by atoms with Gasteiger partial charge in [0.15, 0.2) is 11.5 Å². The molecule has 2 heterocycles. The molecule has 24 heavy (non-hydrogen) atoms. The summed E-state index contributed by atoms with van der Waals surface area (Å²) in [6.45, 7) is 2.33. The fourth-order valence-electron chi connectivity index (χ4n) is 2.35. The molecule has 2 aliphatic heterocycles. The van der Waals surface area contributed by atoms with Gasteiger partial charge in [-0.15, -0.1) is 0 Å². The fraction of sp³-hybridized carbons (Fsp3) is 0.200. The molecule has 0 aliphatic carbocycles. The van der Waals surface area contributed by atoms with Crippen LogP contribution in [-0.2, 0) is 13.6 Å². The van der Waals surface area contributed by atoms with Crippen LogP contribution in [0.5, 0.6) is 0 Å². The smallest absolute Gasteiger partial charge is 0.329 e. The van der Waals surface area contributed by atoms with Gasteiger partial charge in [0.1, 0.15) is 0 Å². The van der Waals surface area contributed by atoms with Crippen LogP contribution in [0, 0.1) is 10.1 Å². The number of aromatic nitrogens is 4. The van der Waals surface area contributed by atoms with Gasteiger partial charge in [0.25, 0.3) is 11.2 Å². The zero-order valence-corrected chi connectivity index (χ0v) is 13.0. The topological polar surface area (TPSA) is 113 Å². The number of fused-ring (bicyclic) bond motifs is 1. The molecular formula is C15H13N5O4. The van der Waals surface area contributed by atoms with Crippen molar-refractivity contribution in [1.82, 2.24) is 19.1 Å². The van der Waals surface area contributed by atoms with Crippen molar-refractivity contribution in [3.8, 4) is 22.8 Å². The van der Waals surface area contributed by atoms with E-state index in [4.69, 9.17) is 0 Å². The molecule has 0 saturated heterocycles. The van der Waals surface area contributed by atoms with E-state index >= 15 is 0 Å². The van der Waals surface area contributed by atoms with Crippen LogP contribution in [0.2, 0.25) is 0 Å². The van der Waals surface area contributed by atoms with Crippen molar-refractivity contribution in [1.29, 1.82) is 0 Å². The molecule has 1 aromatic carbocycles. The van der Waals surface area contributed by atoms with Crippen LogP contribution in [0.3, 0.4) is 0 Å². The van der Waals surface area contributed by atoms with Crippen molar-refractivity contribution in [2.24, 2.45) is 7.05 Å². The third-order valence-electron chi connectivity index (χ3n) is 3.70. The Labute approximate surface area is 135 Å². The lowest BCUT2D eigenvalue weighted by Crippen LogP contribution is -2.36. The Morgan fingerprint density at radius 1 is 1.17 bits per heavy atom. The zero-order chi connectivity index (χ0) is 17.4. The Kier molecular flexibility index (Phi) is 3.68. The van der Waals surface area contributed by atoms with Gasteiger partial charge >= 0.3 is 5.69 Å². The van der Waals surface area contributed by atoms with Gasteiger partial charge in [-0.25, -0.2) is 9.78 Å². The van der Waals surface area contributed by atoms with E-state index in [1.807, 2.05) is 6.92 Å². The van der Waals surface area contributed by atoms with Crippen molar-refractivity contribution in [3.05, 3.63) is 61.4 Å². The van der Waals surface area contributed by atoms with Gasteiger partial charge in [-0.1, -0.05) is 0 Å². The first-order chi connectivity index (χ1) is 11.4. The number of aryl methyl sites for hydroxylation is 1. The van der Waals surface area contributed by atoms with Gasteiger partial charge in [-0.2, -0.15) is 4.98 Å². The summed E-state index contributed by atoms with van der Waals surface area (Å²) in [6.07, 6.45) is 1.66. The molecule has 9 nitrogen and oxygen atoms in total. The molecule has 0 radical (unpaired) electrons. The Bertz CT molecular complexity index is 1020. The Balaban J connectivity index is 2.26. The van der Waals surface area contributed by atoms with Crippen molar-refractivity contribution in [2.45, 2.75) is 13.5 Å². The third kappa shape index (κ3) is 2.45. The summed E-state index contributed by atoms with van der Waals surface area (Å²) in [5, 5.41) is 10.7. The number of rotatable bonds is 3. The lowest BCUT2D eigenvalue weighted by molar-refractivity contribution is -0.384. The van der Waals surface area contributed by atoms with Gasteiger partial charge in [0.2, 0.25) is 0 Å². The molecule has 0 bridgehead atoms. The lowest BCUT2D eigenvalue weighted by atomic mass is 10.1. The number of benzene rings is 1. The minimum Gasteiger partial charge on any atom is -0.329 e. The van der Waals surface area contributed by atoms with E-state index in [9.17, 15) is 19.7 Å². The second-order valence-electron chi connectivity index (χ2n) is 5.15. The maximum absolute atomic E-state index is 12.3. The molecule has 0 unspecified atom stereocenters. The molecule has 3 rings (SSSR count). The third-order valence-corrected chi connectivity index (χ3v) is 3.70. The first-order valence-electron chi connectivity index (χ1n) is 7.15. The van der Waals surface area contributed by atoms with Crippen molar-refractivity contribution < 1.29 is 4.92 Å². The molecule has 0 N–H and O–H groups in total. The van der Waals surface area contributed by atoms with E-state index in [1.165, 1.54) is 19.2 Å². The molecule has 0 atom stereocenters. The Morgan fingerprint density at radius 2 is 1.83 bits per heavy atom. The van der Waals surface area contributed by atoms with E-state index < -0.39 is 16.2 Å². The maximum atomic E-state index is 12.3. The first-order valence-corrected chi connectivity index (χ1v) is 7.15. The minimum absolute atomic E-state index is 0.0310. The number of hydrogen-bond donors (Lipinski definition) is 0. The maximum Gasteiger partial charge on any atom is 0.352 e. The highest BCUT2D eigenvalue weighted by atomic mass is 16.6. The highest BCUT2D eigenvalue weighted by Gasteiger charge is 2.19. The molecule has 2 aliphatic rings. The SMILES string of the molecule is CCn1cc(-c2ccc([N+](=O)[O-])cc2)nc2c(=O)n(C)c(=O)nc1-2. The van der Waals surface area contributed by atoms with Crippen LogP contribution in [-0.4, -0.2) is 24.0 Å². The second kappa shape index (κ2) is 5.69. The van der Waals surface area contributed by atoms with Crippen molar-refractivity contribution in [2.75, 3.05) is 0 Å². The second-order valence-corrected chi connectivity index (χ2v) is 5.15. The van der Waals surface area contributed by atoms with Crippen LogP contribution < -0.4 is 11.2 Å². The molecular weight excluding hydrogens is 314 g/mol. The molecule has 1 aromatic rings. The average Bonchev–Trinajstić information content (AvgIpc) is 2.59. The number of nitrogens with zero attached hydrogens (tertiary/aromatic N) is 5. The van der Waals surface area contributed by atoms with E-state index in [0.29, 0.717) is 17.8 Å². The summed E-state index contributed by atoms with van der Waals surface area (Å²) in [4.78, 5) is 42.5. The van der Waals surface area contributed by atoms with Crippen LogP contribution in [0.25, 0.3) is 22.8 Å². The van der Waals surface area contributed by atoms with E-state index in [1.54, 1.807) is 22.9 Å². The first kappa shape index (κ1) is 15.5. The number of non-ortho nitro benzene ring substituents is 1. The number of nitro benzene ring substituents is 1. The molecule has 0 aromatic heterocycles. The Hall–Kier alpha value is -3.36. The van der Waals surface area contributed by atoms with Crippen LogP contribution >= 0.6 is 0 Å². The summed E-state index contributed by atoms with van der Waals surface area (Å²) in [5.74, 6) is 0.219. The number of hydrogen-bond acceptors (Lipinski definition) is 6. The predicted molar refractivity (Wildman–Crippen MR) is 85.9 cm³/mol. The lowest BCUT2D eigenvalue weighted by Gasteiger charge is -2.14. The highest BCUT2D eigenvalue weighted by Crippen LogP contribution is 2.23. The Morgan fingerprint density at radius 3 is 2.42 bits per heavy atom. The van der Waals surface area contributed by atoms with E-state index in [2.05, 4.69) is 9.97 Å². The number of nitro groups is 1. The summed E-state index contributed by atoms with van der Waals surface area (Å²) >= 11 is 0. The molecule has 0 saturated carbocycles. The van der Waals surface area contributed by atoms with Gasteiger partial charge in [-0.05, 0) is 19.1 Å². The standard InChI is InChI=1S/C15H13N5O4/c1-3-19-8-11(9-4-6-10(7-5-9)20(23)24)16-12-13(19)17-15(22)18(2)14(12)21/h4-8H,3H2,1-2H3. The van der Waals surface area contributed by atoms with Gasteiger partial charge in [0.05, 0.1) is 10.6 Å². The molecule has 0 amide bonds. The fourth-order valence-corrected chi connectivity index (χ4v) is 2.35. The van der Waals surface area contributed by atoms with Gasteiger partial charge < -0.3 is 4.57 Å². The van der Waals surface area contributed by atoms with Gasteiger partial charge in [-0.3, -0.25) is 19.5 Å². The van der Waals surface area contributed by atoms with E-state index in [0.717, 1.165) is 4.57 Å². The monoisotopic (exact) mass is 327 g/mol. The minimum atomic E-state index is -0.639. The highest BCUT2D eigenvalue weighted by molar-refractivity contribution is 5.64. The molecule has 122 valence electrons. The molecule has 0 fully saturated rings. The summed E-state index contributed by atoms with van der Waals surface area (Å²) < 4.78 is 2.55.